The lowest BCUT2D eigenvalue weighted by Gasteiger charge is -2.34. The number of aryl methyl sites for hydroxylation is 1. The molecule has 1 aliphatic rings. The van der Waals surface area contributed by atoms with Gasteiger partial charge in [0.15, 0.2) is 22.7 Å². The van der Waals surface area contributed by atoms with Crippen LogP contribution in [-0.4, -0.2) is 67.6 Å². The van der Waals surface area contributed by atoms with Crippen LogP contribution < -0.4 is 26.8 Å². The number of carbonyl (C=O) groups excluding carboxylic acids is 3. The number of amides is 1. The summed E-state index contributed by atoms with van der Waals surface area (Å²) >= 11 is 0. The maximum Gasteiger partial charge on any atom is 0.407 e. The van der Waals surface area contributed by atoms with Gasteiger partial charge in [0.05, 0.1) is 19.6 Å². The molecule has 3 heterocycles. The Morgan fingerprint density at radius 1 is 1.14 bits per heavy atom. The number of benzene rings is 1. The number of fused-ring (bicyclic) bond motifs is 1. The van der Waals surface area contributed by atoms with Crippen LogP contribution in [0.2, 0.25) is 0 Å². The highest BCUT2D eigenvalue weighted by Gasteiger charge is 2.29. The third kappa shape index (κ3) is 7.19. The van der Waals surface area contributed by atoms with Gasteiger partial charge in [-0.1, -0.05) is 18.1 Å². The van der Waals surface area contributed by atoms with E-state index in [4.69, 9.17) is 9.72 Å². The van der Waals surface area contributed by atoms with Gasteiger partial charge in [-0.25, -0.2) is 9.59 Å². The first kappa shape index (κ1) is 32.1. The third-order valence-corrected chi connectivity index (χ3v) is 7.17. The molecule has 234 valence electrons. The summed E-state index contributed by atoms with van der Waals surface area (Å²) in [4.78, 5) is 71.1. The fraction of sp³-hybridized carbons (Fsp3) is 0.484. The number of alkyl carbamates (subject to hydrolysis) is 1. The lowest BCUT2D eigenvalue weighted by Crippen LogP contribution is -2.49. The topological polar surface area (TPSA) is 150 Å². The van der Waals surface area contributed by atoms with Crippen molar-refractivity contribution in [3.05, 3.63) is 50.7 Å². The number of aromatic nitrogens is 4. The van der Waals surface area contributed by atoms with E-state index < -0.39 is 35.3 Å². The molecular formula is C31H39N7O6. The zero-order valence-corrected chi connectivity index (χ0v) is 26.0. The highest BCUT2D eigenvalue weighted by atomic mass is 16.6. The molecular weight excluding hydrogens is 566 g/mol. The summed E-state index contributed by atoms with van der Waals surface area (Å²) in [6, 6.07) is 6.58. The Morgan fingerprint density at radius 3 is 2.55 bits per heavy atom. The van der Waals surface area contributed by atoms with Gasteiger partial charge in [-0.3, -0.25) is 28.1 Å². The summed E-state index contributed by atoms with van der Waals surface area (Å²) in [7, 11) is 1.50. The number of nitrogens with one attached hydrogen (secondary N) is 2. The standard InChI is InChI=1S/C31H39N7O6/c1-7-8-16-37-25-26(34-28(37)36-15-11-12-21(18-36)33-29(42)44-31(3,4)5)35(6)30(43)38(27(25)41)19-22(40)17-32-24-14-10-9-13-23(24)20(2)39/h9-10,13-14,21,32H,11-12,15-19H2,1-6H3,(H,33,42)/t21-/m1/s1. The van der Waals surface area contributed by atoms with Crippen LogP contribution in [0.4, 0.5) is 16.4 Å². The fourth-order valence-corrected chi connectivity index (χ4v) is 5.17. The van der Waals surface area contributed by atoms with Gasteiger partial charge in [-0.15, -0.1) is 5.92 Å². The number of anilines is 2. The molecule has 1 aromatic carbocycles. The summed E-state index contributed by atoms with van der Waals surface area (Å²) in [5.41, 5.74) is -0.720. The zero-order chi connectivity index (χ0) is 32.2. The second-order valence-electron chi connectivity index (χ2n) is 11.8. The molecule has 1 amide bonds. The summed E-state index contributed by atoms with van der Waals surface area (Å²) in [6.07, 6.45) is 0.979. The van der Waals surface area contributed by atoms with Gasteiger partial charge in [0, 0.05) is 37.4 Å². The van der Waals surface area contributed by atoms with E-state index in [1.807, 2.05) is 4.90 Å². The van der Waals surface area contributed by atoms with Crippen LogP contribution in [0.25, 0.3) is 11.2 Å². The summed E-state index contributed by atoms with van der Waals surface area (Å²) in [6.45, 7) is 9.01. The Bertz CT molecular complexity index is 1770. The number of Topliss-reactive ketones (excluding diaryl/α,β-unsaturated/α-hetero) is 2. The molecule has 1 fully saturated rings. The number of nitrogens with zero attached hydrogens (tertiary/aromatic N) is 5. The quantitative estimate of drug-likeness (QED) is 0.277. The number of imidazole rings is 1. The lowest BCUT2D eigenvalue weighted by molar-refractivity contribution is -0.118. The van der Waals surface area contributed by atoms with E-state index in [0.29, 0.717) is 30.3 Å². The average Bonchev–Trinajstić information content (AvgIpc) is 3.35. The molecule has 2 N–H and O–H groups in total. The Morgan fingerprint density at radius 2 is 1.86 bits per heavy atom. The van der Waals surface area contributed by atoms with Crippen LogP contribution in [-0.2, 0) is 29.7 Å². The van der Waals surface area contributed by atoms with Crippen molar-refractivity contribution in [3.8, 4) is 11.8 Å². The first-order chi connectivity index (χ1) is 20.8. The predicted molar refractivity (Wildman–Crippen MR) is 167 cm³/mol. The van der Waals surface area contributed by atoms with E-state index in [2.05, 4.69) is 22.5 Å². The molecule has 1 atom stereocenters. The van der Waals surface area contributed by atoms with E-state index in [1.165, 1.54) is 18.5 Å². The van der Waals surface area contributed by atoms with Crippen LogP contribution in [0.3, 0.4) is 0 Å². The Kier molecular flexibility index (Phi) is 9.62. The molecule has 13 nitrogen and oxygen atoms in total. The molecule has 0 bridgehead atoms. The third-order valence-electron chi connectivity index (χ3n) is 7.17. The number of ether oxygens (including phenoxy) is 1. The molecule has 3 aromatic rings. The van der Waals surface area contributed by atoms with Crippen LogP contribution in [0.1, 0.15) is 57.8 Å². The Balaban J connectivity index is 1.65. The maximum absolute atomic E-state index is 13.8. The lowest BCUT2D eigenvalue weighted by atomic mass is 10.1. The number of ketones is 2. The van der Waals surface area contributed by atoms with Gasteiger partial charge in [0.25, 0.3) is 5.56 Å². The zero-order valence-electron chi connectivity index (χ0n) is 26.0. The smallest absolute Gasteiger partial charge is 0.407 e. The van der Waals surface area contributed by atoms with Crippen molar-refractivity contribution in [1.29, 1.82) is 0 Å². The predicted octanol–water partition coefficient (Wildman–Crippen LogP) is 2.30. The second-order valence-corrected chi connectivity index (χ2v) is 11.8. The molecule has 0 radical (unpaired) electrons. The summed E-state index contributed by atoms with van der Waals surface area (Å²) < 4.78 is 9.22. The molecule has 2 aromatic heterocycles. The van der Waals surface area contributed by atoms with Crippen molar-refractivity contribution in [1.82, 2.24) is 24.0 Å². The number of rotatable bonds is 9. The first-order valence-electron chi connectivity index (χ1n) is 14.5. The van der Waals surface area contributed by atoms with E-state index >= 15 is 0 Å². The molecule has 1 aliphatic heterocycles. The monoisotopic (exact) mass is 605 g/mol. The van der Waals surface area contributed by atoms with Crippen LogP contribution >= 0.6 is 0 Å². The largest absolute Gasteiger partial charge is 0.444 e. The minimum Gasteiger partial charge on any atom is -0.444 e. The van der Waals surface area contributed by atoms with Crippen molar-refractivity contribution in [2.75, 3.05) is 29.9 Å². The molecule has 13 heteroatoms. The number of para-hydroxylation sites is 1. The van der Waals surface area contributed by atoms with Crippen molar-refractivity contribution in [2.45, 2.75) is 72.2 Å². The van der Waals surface area contributed by atoms with E-state index in [0.717, 1.165) is 17.4 Å². The SMILES string of the molecule is CC#CCn1c(N2CCC[C@@H](NC(=O)OC(C)(C)C)C2)nc2c1c(=O)n(CC(=O)CNc1ccccc1C(C)=O)c(=O)n2C. The highest BCUT2D eigenvalue weighted by molar-refractivity contribution is 6.00. The average molecular weight is 606 g/mol. The fourth-order valence-electron chi connectivity index (χ4n) is 5.17. The molecule has 0 saturated carbocycles. The van der Waals surface area contributed by atoms with Gasteiger partial charge >= 0.3 is 11.8 Å². The van der Waals surface area contributed by atoms with Crippen LogP contribution in [0, 0.1) is 11.8 Å². The minimum absolute atomic E-state index is 0.133. The normalized spacial score (nSPS) is 15.0. The molecule has 1 saturated heterocycles. The number of hydrogen-bond acceptors (Lipinski definition) is 9. The van der Waals surface area contributed by atoms with Gasteiger partial charge in [0.1, 0.15) is 5.60 Å². The number of hydrogen-bond donors (Lipinski definition) is 2. The van der Waals surface area contributed by atoms with Gasteiger partial charge < -0.3 is 20.3 Å². The van der Waals surface area contributed by atoms with Crippen LogP contribution in [0.15, 0.2) is 33.9 Å². The Labute approximate surface area is 255 Å². The molecule has 0 unspecified atom stereocenters. The molecule has 4 rings (SSSR count). The summed E-state index contributed by atoms with van der Waals surface area (Å²) in [5, 5.41) is 5.86. The highest BCUT2D eigenvalue weighted by Crippen LogP contribution is 2.23. The van der Waals surface area contributed by atoms with Crippen LogP contribution in [0.5, 0.6) is 0 Å². The van der Waals surface area contributed by atoms with Crippen molar-refractivity contribution < 1.29 is 19.1 Å². The van der Waals surface area contributed by atoms with E-state index in [-0.39, 0.29) is 36.1 Å². The second kappa shape index (κ2) is 13.2. The maximum atomic E-state index is 13.8. The van der Waals surface area contributed by atoms with Gasteiger partial charge in [-0.2, -0.15) is 4.98 Å². The first-order valence-corrected chi connectivity index (χ1v) is 14.5. The number of piperidine rings is 1. The molecule has 44 heavy (non-hydrogen) atoms. The van der Waals surface area contributed by atoms with Crippen molar-refractivity contribution in [2.24, 2.45) is 7.05 Å². The van der Waals surface area contributed by atoms with Gasteiger partial charge in [0.2, 0.25) is 5.95 Å². The number of carbonyl (C=O) groups is 3. The van der Waals surface area contributed by atoms with E-state index in [1.54, 1.807) is 56.5 Å². The minimum atomic E-state index is -0.680. The molecule has 0 aliphatic carbocycles. The summed E-state index contributed by atoms with van der Waals surface area (Å²) in [5.74, 6) is 5.69. The van der Waals surface area contributed by atoms with E-state index in [9.17, 15) is 24.0 Å². The Hall–Kier alpha value is -4.86. The molecule has 0 spiro atoms. The van der Waals surface area contributed by atoms with Crippen molar-refractivity contribution in [3.63, 3.8) is 0 Å². The van der Waals surface area contributed by atoms with Crippen molar-refractivity contribution >= 4 is 40.5 Å². The van der Waals surface area contributed by atoms with Gasteiger partial charge in [-0.05, 0) is 59.6 Å².